The molecule has 2 aromatic heterocycles. The second-order valence-electron chi connectivity index (χ2n) is 4.75. The summed E-state index contributed by atoms with van der Waals surface area (Å²) >= 11 is 1.83. The number of furan rings is 1. The Morgan fingerprint density at radius 2 is 1.90 bits per heavy atom. The summed E-state index contributed by atoms with van der Waals surface area (Å²) in [5, 5.41) is 3.48. The Hall–Kier alpha value is -1.84. The molecular weight excluding hydrogens is 266 g/mol. The van der Waals surface area contributed by atoms with Crippen molar-refractivity contribution < 1.29 is 4.42 Å². The van der Waals surface area contributed by atoms with Crippen LogP contribution in [0.25, 0.3) is 10.4 Å². The van der Waals surface area contributed by atoms with Crippen molar-refractivity contribution in [2.24, 2.45) is 0 Å². The number of thiophene rings is 1. The van der Waals surface area contributed by atoms with Crippen molar-refractivity contribution in [1.82, 2.24) is 5.32 Å². The van der Waals surface area contributed by atoms with E-state index in [1.807, 2.05) is 29.5 Å². The molecule has 0 fully saturated rings. The molecule has 3 rings (SSSR count). The first-order valence-corrected chi connectivity index (χ1v) is 7.55. The minimum Gasteiger partial charge on any atom is -0.468 e. The van der Waals surface area contributed by atoms with Crippen LogP contribution in [0.4, 0.5) is 0 Å². The van der Waals surface area contributed by atoms with E-state index in [9.17, 15) is 0 Å². The first-order valence-electron chi connectivity index (χ1n) is 6.74. The maximum absolute atomic E-state index is 5.40. The third-order valence-corrected chi connectivity index (χ3v) is 4.41. The Morgan fingerprint density at radius 3 is 2.65 bits per heavy atom. The summed E-state index contributed by atoms with van der Waals surface area (Å²) in [6, 6.07) is 19.0. The van der Waals surface area contributed by atoms with E-state index in [4.69, 9.17) is 4.42 Å². The molecule has 0 saturated heterocycles. The molecule has 0 aliphatic rings. The smallest absolute Gasteiger partial charge is 0.120 e. The highest BCUT2D eigenvalue weighted by molar-refractivity contribution is 7.15. The van der Waals surface area contributed by atoms with Crippen molar-refractivity contribution in [2.75, 3.05) is 0 Å². The average molecular weight is 283 g/mol. The number of hydrogen-bond donors (Lipinski definition) is 1. The summed E-state index contributed by atoms with van der Waals surface area (Å²) in [5.41, 5.74) is 1.28. The fraction of sp³-hybridized carbons (Fsp3) is 0.176. The summed E-state index contributed by atoms with van der Waals surface area (Å²) in [4.78, 5) is 2.65. The third kappa shape index (κ3) is 3.00. The van der Waals surface area contributed by atoms with Gasteiger partial charge in [-0.05, 0) is 36.8 Å². The Morgan fingerprint density at radius 1 is 1.05 bits per heavy atom. The average Bonchev–Trinajstić information content (AvgIpc) is 3.17. The quantitative estimate of drug-likeness (QED) is 0.723. The molecule has 3 aromatic rings. The zero-order valence-electron chi connectivity index (χ0n) is 11.4. The van der Waals surface area contributed by atoms with Gasteiger partial charge in [0.2, 0.25) is 0 Å². The molecule has 1 aromatic carbocycles. The van der Waals surface area contributed by atoms with Crippen LogP contribution in [0.5, 0.6) is 0 Å². The predicted octanol–water partition coefficient (Wildman–Crippen LogP) is 4.86. The summed E-state index contributed by atoms with van der Waals surface area (Å²) in [7, 11) is 0. The lowest BCUT2D eigenvalue weighted by Gasteiger charge is -2.09. The fourth-order valence-electron chi connectivity index (χ4n) is 2.12. The van der Waals surface area contributed by atoms with Gasteiger partial charge in [-0.2, -0.15) is 0 Å². The normalized spacial score (nSPS) is 12.4. The molecule has 0 unspecified atom stereocenters. The van der Waals surface area contributed by atoms with Gasteiger partial charge >= 0.3 is 0 Å². The highest BCUT2D eigenvalue weighted by Crippen LogP contribution is 2.28. The topological polar surface area (TPSA) is 25.2 Å². The molecule has 0 radical (unpaired) electrons. The van der Waals surface area contributed by atoms with Gasteiger partial charge in [0.05, 0.1) is 12.3 Å². The van der Waals surface area contributed by atoms with E-state index in [2.05, 4.69) is 48.6 Å². The van der Waals surface area contributed by atoms with Crippen molar-refractivity contribution in [3.8, 4) is 10.4 Å². The molecule has 0 aliphatic carbocycles. The van der Waals surface area contributed by atoms with Gasteiger partial charge in [0.25, 0.3) is 0 Å². The minimum absolute atomic E-state index is 0.229. The largest absolute Gasteiger partial charge is 0.468 e. The van der Waals surface area contributed by atoms with Gasteiger partial charge in [-0.3, -0.25) is 0 Å². The summed E-state index contributed by atoms with van der Waals surface area (Å²) < 4.78 is 5.40. The van der Waals surface area contributed by atoms with E-state index in [1.165, 1.54) is 15.3 Å². The Bertz CT molecular complexity index is 643. The van der Waals surface area contributed by atoms with Crippen molar-refractivity contribution in [3.63, 3.8) is 0 Å². The number of benzene rings is 1. The van der Waals surface area contributed by atoms with Gasteiger partial charge in [0, 0.05) is 16.3 Å². The predicted molar refractivity (Wildman–Crippen MR) is 83.7 cm³/mol. The molecule has 0 saturated carbocycles. The Balaban J connectivity index is 1.63. The summed E-state index contributed by atoms with van der Waals surface area (Å²) in [5.74, 6) is 0.977. The van der Waals surface area contributed by atoms with Crippen LogP contribution < -0.4 is 5.32 Å². The second-order valence-corrected chi connectivity index (χ2v) is 5.92. The number of nitrogens with one attached hydrogen (secondary N) is 1. The standard InChI is InChI=1S/C17H17NOS/c1-13(16-8-5-11-19-16)18-12-15-9-10-17(20-15)14-6-3-2-4-7-14/h2-11,13,18H,12H2,1H3/t13-/m0/s1. The molecule has 0 aliphatic heterocycles. The fourth-order valence-corrected chi connectivity index (χ4v) is 3.09. The first kappa shape index (κ1) is 13.2. The monoisotopic (exact) mass is 283 g/mol. The van der Waals surface area contributed by atoms with Crippen LogP contribution >= 0.6 is 11.3 Å². The van der Waals surface area contributed by atoms with E-state index in [1.54, 1.807) is 6.26 Å². The van der Waals surface area contributed by atoms with Crippen LogP contribution in [0.2, 0.25) is 0 Å². The molecular formula is C17H17NOS. The van der Waals surface area contributed by atoms with Gasteiger partial charge < -0.3 is 9.73 Å². The molecule has 0 spiro atoms. The maximum Gasteiger partial charge on any atom is 0.120 e. The lowest BCUT2D eigenvalue weighted by Crippen LogP contribution is -2.16. The molecule has 0 bridgehead atoms. The summed E-state index contributed by atoms with van der Waals surface area (Å²) in [6.07, 6.45) is 1.71. The molecule has 1 N–H and O–H groups in total. The van der Waals surface area contributed by atoms with Crippen LogP contribution in [0.3, 0.4) is 0 Å². The second kappa shape index (κ2) is 6.07. The molecule has 102 valence electrons. The van der Waals surface area contributed by atoms with Crippen LogP contribution in [0.15, 0.2) is 65.3 Å². The van der Waals surface area contributed by atoms with E-state index in [0.717, 1.165) is 12.3 Å². The zero-order chi connectivity index (χ0) is 13.8. The van der Waals surface area contributed by atoms with Gasteiger partial charge in [0.1, 0.15) is 5.76 Å². The molecule has 0 amide bonds. The zero-order valence-corrected chi connectivity index (χ0v) is 12.2. The maximum atomic E-state index is 5.40. The van der Waals surface area contributed by atoms with Crippen LogP contribution in [0.1, 0.15) is 23.6 Å². The number of rotatable bonds is 5. The van der Waals surface area contributed by atoms with Crippen LogP contribution in [-0.4, -0.2) is 0 Å². The molecule has 2 nitrogen and oxygen atoms in total. The van der Waals surface area contributed by atoms with Gasteiger partial charge in [-0.1, -0.05) is 30.3 Å². The van der Waals surface area contributed by atoms with Crippen molar-refractivity contribution in [2.45, 2.75) is 19.5 Å². The van der Waals surface area contributed by atoms with Gasteiger partial charge in [-0.25, -0.2) is 0 Å². The third-order valence-electron chi connectivity index (χ3n) is 3.27. The molecule has 1 atom stereocenters. The molecule has 2 heterocycles. The van der Waals surface area contributed by atoms with E-state index < -0.39 is 0 Å². The Kier molecular flexibility index (Phi) is 4.00. The summed E-state index contributed by atoms with van der Waals surface area (Å²) in [6.45, 7) is 2.98. The highest BCUT2D eigenvalue weighted by Gasteiger charge is 2.08. The van der Waals surface area contributed by atoms with Crippen molar-refractivity contribution >= 4 is 11.3 Å². The van der Waals surface area contributed by atoms with E-state index in [-0.39, 0.29) is 6.04 Å². The molecule has 3 heteroatoms. The lowest BCUT2D eigenvalue weighted by atomic mass is 10.2. The molecule has 20 heavy (non-hydrogen) atoms. The minimum atomic E-state index is 0.229. The van der Waals surface area contributed by atoms with E-state index in [0.29, 0.717) is 0 Å². The lowest BCUT2D eigenvalue weighted by molar-refractivity contribution is 0.431. The van der Waals surface area contributed by atoms with Crippen molar-refractivity contribution in [1.29, 1.82) is 0 Å². The van der Waals surface area contributed by atoms with Crippen molar-refractivity contribution in [3.05, 3.63) is 71.5 Å². The highest BCUT2D eigenvalue weighted by atomic mass is 32.1. The first-order chi connectivity index (χ1) is 9.83. The van der Waals surface area contributed by atoms with Gasteiger partial charge in [0.15, 0.2) is 0 Å². The Labute approximate surface area is 123 Å². The van der Waals surface area contributed by atoms with E-state index >= 15 is 0 Å². The van der Waals surface area contributed by atoms with Crippen LogP contribution in [-0.2, 0) is 6.54 Å². The number of hydrogen-bond acceptors (Lipinski definition) is 3. The van der Waals surface area contributed by atoms with Crippen LogP contribution in [0, 0.1) is 0 Å². The SMILES string of the molecule is C[C@H](NCc1ccc(-c2ccccc2)s1)c1ccco1. The van der Waals surface area contributed by atoms with Gasteiger partial charge in [-0.15, -0.1) is 11.3 Å².